The Morgan fingerprint density at radius 3 is 2.19 bits per heavy atom. The van der Waals surface area contributed by atoms with Gasteiger partial charge in [-0.3, -0.25) is 25.2 Å². The van der Waals surface area contributed by atoms with Crippen LogP contribution >= 0.6 is 0 Å². The van der Waals surface area contributed by atoms with Crippen LogP contribution in [0.4, 0.5) is 9.59 Å². The number of nitrogens with zero attached hydrogens (tertiary/aromatic N) is 1. The van der Waals surface area contributed by atoms with Crippen LogP contribution in [0, 0.1) is 5.41 Å². The molecule has 47 heavy (non-hydrogen) atoms. The summed E-state index contributed by atoms with van der Waals surface area (Å²) >= 11 is 0. The van der Waals surface area contributed by atoms with Gasteiger partial charge >= 0.3 is 18.2 Å². The molecule has 1 saturated carbocycles. The lowest BCUT2D eigenvalue weighted by Crippen LogP contribution is -2.50. The molecule has 1 aliphatic carbocycles. The number of benzene rings is 2. The normalized spacial score (nSPS) is 16.6. The number of esters is 1. The lowest BCUT2D eigenvalue weighted by Gasteiger charge is -2.37. The van der Waals surface area contributed by atoms with Crippen molar-refractivity contribution in [1.82, 2.24) is 15.5 Å². The maximum Gasteiger partial charge on any atom is 0.413 e. The zero-order valence-electron chi connectivity index (χ0n) is 27.8. The number of ether oxygens (including phenoxy) is 3. The van der Waals surface area contributed by atoms with Crippen molar-refractivity contribution in [2.24, 2.45) is 0 Å². The Labute approximate surface area is 274 Å². The third-order valence-corrected chi connectivity index (χ3v) is 7.29. The summed E-state index contributed by atoms with van der Waals surface area (Å²) in [5.74, 6) is -0.940. The molecular formula is C35H44N4O8. The van der Waals surface area contributed by atoms with E-state index in [1.165, 1.54) is 4.90 Å². The molecule has 0 unspecified atom stereocenters. The van der Waals surface area contributed by atoms with Crippen LogP contribution in [0.5, 0.6) is 0 Å². The van der Waals surface area contributed by atoms with Gasteiger partial charge in [0.05, 0.1) is 0 Å². The number of furan rings is 1. The van der Waals surface area contributed by atoms with Crippen LogP contribution in [0.1, 0.15) is 88.9 Å². The van der Waals surface area contributed by atoms with E-state index >= 15 is 0 Å². The molecule has 0 bridgehead atoms. The van der Waals surface area contributed by atoms with E-state index in [1.807, 2.05) is 30.3 Å². The molecule has 4 rings (SSSR count). The summed E-state index contributed by atoms with van der Waals surface area (Å²) in [6.45, 7) is 10.5. The second-order valence-electron chi connectivity index (χ2n) is 13.6. The van der Waals surface area contributed by atoms with Crippen molar-refractivity contribution in [2.45, 2.75) is 97.1 Å². The van der Waals surface area contributed by atoms with Gasteiger partial charge < -0.3 is 23.9 Å². The lowest BCUT2D eigenvalue weighted by molar-refractivity contribution is -0.156. The number of rotatable bonds is 8. The molecule has 252 valence electrons. The first-order valence-electron chi connectivity index (χ1n) is 15.7. The van der Waals surface area contributed by atoms with E-state index in [-0.39, 0.29) is 42.7 Å². The summed E-state index contributed by atoms with van der Waals surface area (Å²) in [6.07, 6.45) is 0.943. The molecule has 3 amide bonds. The van der Waals surface area contributed by atoms with Crippen LogP contribution in [0.2, 0.25) is 0 Å². The second kappa shape index (κ2) is 14.7. The number of hydrogen-bond donors (Lipinski definition) is 3. The molecule has 12 nitrogen and oxygen atoms in total. The summed E-state index contributed by atoms with van der Waals surface area (Å²) in [5, 5.41) is 14.3. The Bertz CT molecular complexity index is 1590. The Balaban J connectivity index is 1.32. The van der Waals surface area contributed by atoms with Crippen molar-refractivity contribution in [3.05, 3.63) is 71.5 Å². The number of fused-ring (bicyclic) bond motifs is 1. The van der Waals surface area contributed by atoms with Gasteiger partial charge in [-0.15, -0.1) is 0 Å². The average molecular weight is 649 g/mol. The van der Waals surface area contributed by atoms with Crippen LogP contribution in [0.25, 0.3) is 11.0 Å². The van der Waals surface area contributed by atoms with Crippen molar-refractivity contribution < 1.29 is 37.8 Å². The molecule has 3 N–H and O–H groups in total. The highest BCUT2D eigenvalue weighted by Crippen LogP contribution is 2.27. The Morgan fingerprint density at radius 2 is 1.55 bits per heavy atom. The highest BCUT2D eigenvalue weighted by Gasteiger charge is 2.35. The molecule has 2 aromatic carbocycles. The summed E-state index contributed by atoms with van der Waals surface area (Å²) in [4.78, 5) is 52.5. The minimum absolute atomic E-state index is 0.0783. The summed E-state index contributed by atoms with van der Waals surface area (Å²) < 4.78 is 22.0. The lowest BCUT2D eigenvalue weighted by atomic mass is 9.90. The quantitative estimate of drug-likeness (QED) is 0.111. The highest BCUT2D eigenvalue weighted by atomic mass is 16.6. The molecule has 1 aliphatic rings. The maximum absolute atomic E-state index is 13.1. The number of carbonyl (C=O) groups excluding carboxylic acids is 4. The molecule has 0 spiro atoms. The van der Waals surface area contributed by atoms with Gasteiger partial charge in [0, 0.05) is 23.0 Å². The third-order valence-electron chi connectivity index (χ3n) is 7.29. The van der Waals surface area contributed by atoms with E-state index in [9.17, 15) is 19.2 Å². The zero-order valence-corrected chi connectivity index (χ0v) is 27.8. The SMILES string of the molecule is CC(C)(C)OC(=O)CN(C(=O)OC(C)(C)C)[C@H]1CC[C@H](NC(=O)c2cc3cc(C(=N)NC(=O)OCc4ccccc4)ccc3o2)CC1. The fourth-order valence-electron chi connectivity index (χ4n) is 5.21. The molecule has 12 heteroatoms. The molecule has 0 aliphatic heterocycles. The first-order valence-corrected chi connectivity index (χ1v) is 15.7. The summed E-state index contributed by atoms with van der Waals surface area (Å²) in [7, 11) is 0. The van der Waals surface area contributed by atoms with Crippen LogP contribution in [0.15, 0.2) is 59.0 Å². The smallest absolute Gasteiger partial charge is 0.413 e. The van der Waals surface area contributed by atoms with E-state index in [1.54, 1.807) is 65.8 Å². The van der Waals surface area contributed by atoms with Crippen molar-refractivity contribution in [3.63, 3.8) is 0 Å². The number of carbonyl (C=O) groups is 4. The first-order chi connectivity index (χ1) is 22.1. The van der Waals surface area contributed by atoms with E-state index in [0.29, 0.717) is 42.2 Å². The van der Waals surface area contributed by atoms with Gasteiger partial charge in [0.15, 0.2) is 5.76 Å². The fourth-order valence-corrected chi connectivity index (χ4v) is 5.21. The van der Waals surface area contributed by atoms with Gasteiger partial charge in [0.2, 0.25) is 0 Å². The van der Waals surface area contributed by atoms with Crippen molar-refractivity contribution >= 4 is 40.9 Å². The van der Waals surface area contributed by atoms with Crippen molar-refractivity contribution in [3.8, 4) is 0 Å². The summed E-state index contributed by atoms with van der Waals surface area (Å²) in [6, 6.07) is 15.3. The largest absolute Gasteiger partial charge is 0.459 e. The standard InChI is InChI=1S/C35H44N4O8/c1-34(2,3)46-29(40)20-39(33(43)47-35(4,5)6)26-15-13-25(14-16-26)37-31(41)28-19-24-18-23(12-17-27(24)45-28)30(36)38-32(42)44-21-22-10-8-7-9-11-22/h7-12,17-19,25-26H,13-16,20-21H2,1-6H3,(H,37,41)(H2,36,38,42)/t25-,26-. The minimum atomic E-state index is -0.750. The van der Waals surface area contributed by atoms with E-state index in [0.717, 1.165) is 5.56 Å². The predicted octanol–water partition coefficient (Wildman–Crippen LogP) is 6.30. The van der Waals surface area contributed by atoms with E-state index in [4.69, 9.17) is 24.0 Å². The molecular weight excluding hydrogens is 604 g/mol. The number of amides is 3. The van der Waals surface area contributed by atoms with Crippen LogP contribution < -0.4 is 10.6 Å². The van der Waals surface area contributed by atoms with E-state index in [2.05, 4.69) is 10.6 Å². The maximum atomic E-state index is 13.1. The summed E-state index contributed by atoms with van der Waals surface area (Å²) in [5.41, 5.74) is 0.283. The number of hydrogen-bond acceptors (Lipinski definition) is 9. The Morgan fingerprint density at radius 1 is 0.894 bits per heavy atom. The van der Waals surface area contributed by atoms with Gasteiger partial charge in [-0.25, -0.2) is 9.59 Å². The molecule has 0 saturated heterocycles. The fraction of sp³-hybridized carbons (Fsp3) is 0.457. The molecule has 1 heterocycles. The number of alkyl carbamates (subject to hydrolysis) is 1. The monoisotopic (exact) mass is 648 g/mol. The zero-order chi connectivity index (χ0) is 34.4. The second-order valence-corrected chi connectivity index (χ2v) is 13.6. The first kappa shape index (κ1) is 35.0. The van der Waals surface area contributed by atoms with Gasteiger partial charge in [0.1, 0.15) is 35.8 Å². The molecule has 0 radical (unpaired) electrons. The third kappa shape index (κ3) is 10.6. The molecule has 0 atom stereocenters. The topological polar surface area (TPSA) is 160 Å². The average Bonchev–Trinajstić information content (AvgIpc) is 3.42. The number of amidine groups is 1. The van der Waals surface area contributed by atoms with Crippen LogP contribution in [-0.4, -0.2) is 64.6 Å². The van der Waals surface area contributed by atoms with Gasteiger partial charge in [0.25, 0.3) is 5.91 Å². The van der Waals surface area contributed by atoms with Crippen molar-refractivity contribution in [2.75, 3.05) is 6.54 Å². The number of nitrogens with one attached hydrogen (secondary N) is 3. The van der Waals surface area contributed by atoms with Crippen LogP contribution in [0.3, 0.4) is 0 Å². The van der Waals surface area contributed by atoms with Gasteiger partial charge in [-0.2, -0.15) is 0 Å². The Kier molecular flexibility index (Phi) is 10.9. The Hall–Kier alpha value is -4.87. The van der Waals surface area contributed by atoms with Crippen LogP contribution in [-0.2, 0) is 25.6 Å². The predicted molar refractivity (Wildman–Crippen MR) is 175 cm³/mol. The molecule has 1 fully saturated rings. The van der Waals surface area contributed by atoms with Gasteiger partial charge in [-0.05, 0) is 97.1 Å². The highest BCUT2D eigenvalue weighted by molar-refractivity contribution is 6.06. The molecule has 3 aromatic rings. The minimum Gasteiger partial charge on any atom is -0.459 e. The van der Waals surface area contributed by atoms with Crippen molar-refractivity contribution in [1.29, 1.82) is 5.41 Å². The molecule has 1 aromatic heterocycles. The van der Waals surface area contributed by atoms with E-state index < -0.39 is 29.4 Å². The van der Waals surface area contributed by atoms with Gasteiger partial charge in [-0.1, -0.05) is 30.3 Å².